The lowest BCUT2D eigenvalue weighted by Gasteiger charge is -2.15. The topological polar surface area (TPSA) is 76.7 Å². The first kappa shape index (κ1) is 16.8. The number of carbonyl (C=O) groups excluding carboxylic acids is 2. The van der Waals surface area contributed by atoms with Crippen LogP contribution in [0, 0.1) is 6.92 Å². The van der Waals surface area contributed by atoms with Crippen molar-refractivity contribution in [3.8, 4) is 11.5 Å². The van der Waals surface area contributed by atoms with E-state index in [1.54, 1.807) is 12.1 Å². The van der Waals surface area contributed by atoms with Crippen LogP contribution in [-0.4, -0.2) is 25.2 Å². The van der Waals surface area contributed by atoms with Crippen molar-refractivity contribution in [1.82, 2.24) is 10.6 Å². The van der Waals surface area contributed by atoms with Gasteiger partial charge in [-0.15, -0.1) is 0 Å². The number of ether oxygens (including phenoxy) is 2. The van der Waals surface area contributed by atoms with E-state index in [-0.39, 0.29) is 31.2 Å². The third kappa shape index (κ3) is 3.91. The maximum Gasteiger partial charge on any atom is 0.251 e. The van der Waals surface area contributed by atoms with Gasteiger partial charge >= 0.3 is 0 Å². The van der Waals surface area contributed by atoms with Crippen molar-refractivity contribution in [2.24, 2.45) is 0 Å². The van der Waals surface area contributed by atoms with E-state index in [1.807, 2.05) is 44.2 Å². The number of amides is 2. The fourth-order valence-electron chi connectivity index (χ4n) is 2.64. The Labute approximate surface area is 146 Å². The second kappa shape index (κ2) is 7.25. The molecule has 2 N–H and O–H groups in total. The third-order valence-electron chi connectivity index (χ3n) is 4.07. The minimum absolute atomic E-state index is 0.0813. The molecule has 0 aliphatic carbocycles. The molecule has 130 valence electrons. The highest BCUT2D eigenvalue weighted by Gasteiger charge is 2.17. The van der Waals surface area contributed by atoms with Gasteiger partial charge in [-0.25, -0.2) is 0 Å². The van der Waals surface area contributed by atoms with Gasteiger partial charge in [-0.1, -0.05) is 24.3 Å². The van der Waals surface area contributed by atoms with E-state index in [9.17, 15) is 9.59 Å². The molecule has 0 saturated heterocycles. The van der Waals surface area contributed by atoms with Gasteiger partial charge in [-0.05, 0) is 43.2 Å². The number of nitrogens with one attached hydrogen (secondary N) is 2. The molecule has 0 radical (unpaired) electrons. The average molecular weight is 340 g/mol. The molecule has 2 amide bonds. The van der Waals surface area contributed by atoms with Crippen molar-refractivity contribution in [3.63, 3.8) is 0 Å². The Kier molecular flexibility index (Phi) is 4.88. The molecule has 1 atom stereocenters. The monoisotopic (exact) mass is 340 g/mol. The minimum Gasteiger partial charge on any atom is -0.454 e. The summed E-state index contributed by atoms with van der Waals surface area (Å²) in [5.74, 6) is 0.857. The summed E-state index contributed by atoms with van der Waals surface area (Å²) in [5.41, 5.74) is 2.34. The molecule has 1 aliphatic rings. The van der Waals surface area contributed by atoms with E-state index in [0.717, 1.165) is 11.1 Å². The number of rotatable bonds is 5. The molecule has 2 aromatic rings. The maximum absolute atomic E-state index is 12.1. The van der Waals surface area contributed by atoms with E-state index in [2.05, 4.69) is 10.6 Å². The maximum atomic E-state index is 12.1. The van der Waals surface area contributed by atoms with E-state index in [4.69, 9.17) is 9.47 Å². The molecule has 0 spiro atoms. The molecular weight excluding hydrogens is 320 g/mol. The predicted octanol–water partition coefficient (Wildman–Crippen LogP) is 2.33. The van der Waals surface area contributed by atoms with Crippen LogP contribution in [0.5, 0.6) is 11.5 Å². The van der Waals surface area contributed by atoms with Crippen LogP contribution in [0.15, 0.2) is 42.5 Å². The Morgan fingerprint density at radius 3 is 2.68 bits per heavy atom. The van der Waals surface area contributed by atoms with Gasteiger partial charge in [-0.2, -0.15) is 0 Å². The molecule has 1 unspecified atom stereocenters. The first-order valence-electron chi connectivity index (χ1n) is 8.07. The minimum atomic E-state index is -0.260. The smallest absolute Gasteiger partial charge is 0.251 e. The lowest BCUT2D eigenvalue weighted by Crippen LogP contribution is -2.38. The standard InChI is InChI=1S/C19H20N2O4/c1-12-5-3-4-6-15(12)19(23)20-10-18(22)21-13(2)14-7-8-16-17(9-14)25-11-24-16/h3-9,13H,10-11H2,1-2H3,(H,20,23)(H,21,22). The molecule has 2 aromatic carbocycles. The van der Waals surface area contributed by atoms with E-state index < -0.39 is 0 Å². The molecule has 25 heavy (non-hydrogen) atoms. The molecular formula is C19H20N2O4. The van der Waals surface area contributed by atoms with E-state index in [1.165, 1.54) is 0 Å². The highest BCUT2D eigenvalue weighted by Crippen LogP contribution is 2.34. The van der Waals surface area contributed by atoms with Gasteiger partial charge in [-0.3, -0.25) is 9.59 Å². The summed E-state index contributed by atoms with van der Waals surface area (Å²) >= 11 is 0. The molecule has 0 saturated carbocycles. The zero-order valence-electron chi connectivity index (χ0n) is 14.2. The fourth-order valence-corrected chi connectivity index (χ4v) is 2.64. The zero-order chi connectivity index (χ0) is 17.8. The molecule has 3 rings (SSSR count). The van der Waals surface area contributed by atoms with Crippen molar-refractivity contribution in [3.05, 3.63) is 59.2 Å². The van der Waals surface area contributed by atoms with Crippen LogP contribution in [-0.2, 0) is 4.79 Å². The lowest BCUT2D eigenvalue weighted by atomic mass is 10.1. The summed E-state index contributed by atoms with van der Waals surface area (Å²) in [4.78, 5) is 24.2. The van der Waals surface area contributed by atoms with Crippen molar-refractivity contribution in [2.75, 3.05) is 13.3 Å². The molecule has 0 bridgehead atoms. The van der Waals surface area contributed by atoms with Crippen molar-refractivity contribution in [2.45, 2.75) is 19.9 Å². The summed E-state index contributed by atoms with van der Waals surface area (Å²) < 4.78 is 10.6. The normalized spacial score (nSPS) is 13.2. The summed E-state index contributed by atoms with van der Waals surface area (Å²) in [7, 11) is 0. The molecule has 1 heterocycles. The molecule has 6 heteroatoms. The summed E-state index contributed by atoms with van der Waals surface area (Å²) in [6.45, 7) is 3.86. The fraction of sp³-hybridized carbons (Fsp3) is 0.263. The summed E-state index contributed by atoms with van der Waals surface area (Å²) in [6, 6.07) is 12.6. The second-order valence-corrected chi connectivity index (χ2v) is 5.90. The van der Waals surface area contributed by atoms with Crippen LogP contribution in [0.1, 0.15) is 34.5 Å². The third-order valence-corrected chi connectivity index (χ3v) is 4.07. The van der Waals surface area contributed by atoms with Crippen LogP contribution in [0.2, 0.25) is 0 Å². The highest BCUT2D eigenvalue weighted by molar-refractivity contribution is 5.97. The van der Waals surface area contributed by atoms with Gasteiger partial charge in [0.15, 0.2) is 11.5 Å². The molecule has 0 fully saturated rings. The van der Waals surface area contributed by atoms with Crippen molar-refractivity contribution in [1.29, 1.82) is 0 Å². The number of fused-ring (bicyclic) bond motifs is 1. The van der Waals surface area contributed by atoms with Crippen LogP contribution >= 0.6 is 0 Å². The van der Waals surface area contributed by atoms with Crippen LogP contribution in [0.4, 0.5) is 0 Å². The number of hydrogen-bond acceptors (Lipinski definition) is 4. The Bertz CT molecular complexity index is 804. The summed E-state index contributed by atoms with van der Waals surface area (Å²) in [6.07, 6.45) is 0. The Hall–Kier alpha value is -3.02. The van der Waals surface area contributed by atoms with Crippen molar-refractivity contribution < 1.29 is 19.1 Å². The van der Waals surface area contributed by atoms with Crippen LogP contribution in [0.25, 0.3) is 0 Å². The van der Waals surface area contributed by atoms with Gasteiger partial charge < -0.3 is 20.1 Å². The van der Waals surface area contributed by atoms with Gasteiger partial charge in [0, 0.05) is 5.56 Å². The lowest BCUT2D eigenvalue weighted by molar-refractivity contribution is -0.120. The largest absolute Gasteiger partial charge is 0.454 e. The Morgan fingerprint density at radius 2 is 1.88 bits per heavy atom. The quantitative estimate of drug-likeness (QED) is 0.876. The van der Waals surface area contributed by atoms with Crippen LogP contribution in [0.3, 0.4) is 0 Å². The van der Waals surface area contributed by atoms with Gasteiger partial charge in [0.1, 0.15) is 0 Å². The highest BCUT2D eigenvalue weighted by atomic mass is 16.7. The zero-order valence-corrected chi connectivity index (χ0v) is 14.2. The van der Waals surface area contributed by atoms with Gasteiger partial charge in [0.25, 0.3) is 5.91 Å². The molecule has 6 nitrogen and oxygen atoms in total. The molecule has 0 aromatic heterocycles. The SMILES string of the molecule is Cc1ccccc1C(=O)NCC(=O)NC(C)c1ccc2c(c1)OCO2. The number of benzene rings is 2. The number of hydrogen-bond donors (Lipinski definition) is 2. The Morgan fingerprint density at radius 1 is 1.12 bits per heavy atom. The Balaban J connectivity index is 1.54. The van der Waals surface area contributed by atoms with E-state index in [0.29, 0.717) is 17.1 Å². The second-order valence-electron chi connectivity index (χ2n) is 5.90. The molecule has 1 aliphatic heterocycles. The number of aryl methyl sites for hydroxylation is 1. The van der Waals surface area contributed by atoms with Crippen molar-refractivity contribution >= 4 is 11.8 Å². The predicted molar refractivity (Wildman–Crippen MR) is 92.6 cm³/mol. The summed E-state index contributed by atoms with van der Waals surface area (Å²) in [5, 5.41) is 5.50. The van der Waals surface area contributed by atoms with Crippen LogP contribution < -0.4 is 20.1 Å². The van der Waals surface area contributed by atoms with Gasteiger partial charge in [0.2, 0.25) is 12.7 Å². The number of carbonyl (C=O) groups is 2. The first-order valence-corrected chi connectivity index (χ1v) is 8.07. The van der Waals surface area contributed by atoms with E-state index >= 15 is 0 Å². The van der Waals surface area contributed by atoms with Gasteiger partial charge in [0.05, 0.1) is 12.6 Å². The first-order chi connectivity index (χ1) is 12.0. The average Bonchev–Trinajstić information content (AvgIpc) is 3.07.